The van der Waals surface area contributed by atoms with Crippen LogP contribution in [0, 0.1) is 0 Å². The predicted molar refractivity (Wildman–Crippen MR) is 69.5 cm³/mol. The van der Waals surface area contributed by atoms with Crippen molar-refractivity contribution in [1.82, 2.24) is 10.3 Å². The van der Waals surface area contributed by atoms with Crippen molar-refractivity contribution < 1.29 is 4.79 Å². The van der Waals surface area contributed by atoms with E-state index < -0.39 is 0 Å². The van der Waals surface area contributed by atoms with Crippen LogP contribution in [0.1, 0.15) is 12.6 Å². The van der Waals surface area contributed by atoms with E-state index in [2.05, 4.69) is 10.3 Å². The van der Waals surface area contributed by atoms with Gasteiger partial charge in [-0.1, -0.05) is 24.3 Å². The molecule has 17 heavy (non-hydrogen) atoms. The second-order valence-electron chi connectivity index (χ2n) is 3.66. The summed E-state index contributed by atoms with van der Waals surface area (Å²) < 4.78 is 0. The zero-order valence-electron chi connectivity index (χ0n) is 9.68. The fourth-order valence-corrected chi connectivity index (χ4v) is 1.57. The average Bonchev–Trinajstić information content (AvgIpc) is 2.36. The molecule has 0 saturated carbocycles. The highest BCUT2D eigenvalue weighted by Crippen LogP contribution is 2.12. The van der Waals surface area contributed by atoms with Gasteiger partial charge in [0.25, 0.3) is 0 Å². The molecule has 0 saturated heterocycles. The quantitative estimate of drug-likeness (QED) is 0.816. The lowest BCUT2D eigenvalue weighted by Crippen LogP contribution is -2.19. The zero-order valence-corrected chi connectivity index (χ0v) is 9.68. The smallest absolute Gasteiger partial charge is 0.244 e. The molecule has 1 aromatic carbocycles. The molecule has 1 amide bonds. The monoisotopic (exact) mass is 226 g/mol. The lowest BCUT2D eigenvalue weighted by molar-refractivity contribution is -0.116. The topological polar surface area (TPSA) is 42.0 Å². The Morgan fingerprint density at radius 1 is 1.29 bits per heavy atom. The number of likely N-dealkylation sites (N-methyl/N-ethyl adjacent to an activating group) is 1. The normalized spacial score (nSPS) is 10.9. The van der Waals surface area contributed by atoms with Crippen LogP contribution < -0.4 is 5.32 Å². The lowest BCUT2D eigenvalue weighted by atomic mass is 10.2. The maximum Gasteiger partial charge on any atom is 0.244 e. The largest absolute Gasteiger partial charge is 0.353 e. The van der Waals surface area contributed by atoms with Crippen LogP contribution in [0.2, 0.25) is 0 Å². The van der Waals surface area contributed by atoms with Gasteiger partial charge in [0.1, 0.15) is 0 Å². The van der Waals surface area contributed by atoms with Gasteiger partial charge in [0.05, 0.1) is 11.2 Å². The number of nitrogens with zero attached hydrogens (tertiary/aromatic N) is 1. The molecule has 1 heterocycles. The van der Waals surface area contributed by atoms with Gasteiger partial charge < -0.3 is 5.32 Å². The third-order valence-electron chi connectivity index (χ3n) is 2.38. The van der Waals surface area contributed by atoms with Crippen LogP contribution in [0.15, 0.2) is 42.5 Å². The molecule has 0 spiro atoms. The van der Waals surface area contributed by atoms with Crippen molar-refractivity contribution in [1.29, 1.82) is 0 Å². The predicted octanol–water partition coefficient (Wildman–Crippen LogP) is 2.38. The minimum Gasteiger partial charge on any atom is -0.353 e. The Labute approximate surface area is 100 Å². The van der Waals surface area contributed by atoms with Crippen molar-refractivity contribution in [3.05, 3.63) is 48.2 Å². The molecule has 0 aliphatic rings. The van der Waals surface area contributed by atoms with Gasteiger partial charge in [0.2, 0.25) is 5.91 Å². The average molecular weight is 226 g/mol. The van der Waals surface area contributed by atoms with Crippen LogP contribution in [0.3, 0.4) is 0 Å². The first-order valence-corrected chi connectivity index (χ1v) is 5.61. The first-order valence-electron chi connectivity index (χ1n) is 5.61. The molecule has 1 N–H and O–H groups in total. The minimum atomic E-state index is -0.0949. The molecule has 86 valence electrons. The summed E-state index contributed by atoms with van der Waals surface area (Å²) in [6.07, 6.45) is 3.22. The molecule has 0 radical (unpaired) electrons. The van der Waals surface area contributed by atoms with E-state index in [1.165, 1.54) is 6.08 Å². The molecule has 0 bridgehead atoms. The summed E-state index contributed by atoms with van der Waals surface area (Å²) in [5, 5.41) is 3.80. The lowest BCUT2D eigenvalue weighted by Gasteiger charge is -1.98. The van der Waals surface area contributed by atoms with E-state index in [-0.39, 0.29) is 5.91 Å². The molecule has 0 aliphatic carbocycles. The number of rotatable bonds is 3. The summed E-state index contributed by atoms with van der Waals surface area (Å²) in [7, 11) is 0. The van der Waals surface area contributed by atoms with E-state index in [1.807, 2.05) is 43.3 Å². The third kappa shape index (κ3) is 2.91. The molecule has 3 heteroatoms. The first-order chi connectivity index (χ1) is 8.29. The summed E-state index contributed by atoms with van der Waals surface area (Å²) in [6.45, 7) is 2.52. The number of carbonyl (C=O) groups is 1. The van der Waals surface area contributed by atoms with Gasteiger partial charge in [-0.15, -0.1) is 0 Å². The number of pyridine rings is 1. The highest BCUT2D eigenvalue weighted by atomic mass is 16.1. The second-order valence-corrected chi connectivity index (χ2v) is 3.66. The minimum absolute atomic E-state index is 0.0949. The van der Waals surface area contributed by atoms with E-state index in [0.717, 1.165) is 16.6 Å². The van der Waals surface area contributed by atoms with Crippen LogP contribution in [0.4, 0.5) is 0 Å². The number of amides is 1. The fourth-order valence-electron chi connectivity index (χ4n) is 1.57. The molecule has 2 rings (SSSR count). The number of hydrogen-bond acceptors (Lipinski definition) is 2. The Hall–Kier alpha value is -2.16. The molecule has 3 nitrogen and oxygen atoms in total. The summed E-state index contributed by atoms with van der Waals surface area (Å²) in [5.74, 6) is -0.0949. The SMILES string of the molecule is CCNC(=O)/C=C/c1ccc2ccccc2n1. The van der Waals surface area contributed by atoms with E-state index in [0.29, 0.717) is 6.54 Å². The van der Waals surface area contributed by atoms with Crippen LogP contribution in [-0.2, 0) is 4.79 Å². The molecular formula is C14H14N2O. The van der Waals surface area contributed by atoms with Crippen molar-refractivity contribution in [2.45, 2.75) is 6.92 Å². The number of hydrogen-bond donors (Lipinski definition) is 1. The molecule has 0 atom stereocenters. The highest BCUT2D eigenvalue weighted by Gasteiger charge is 1.96. The second kappa shape index (κ2) is 5.25. The van der Waals surface area contributed by atoms with Crippen LogP contribution in [0.25, 0.3) is 17.0 Å². The van der Waals surface area contributed by atoms with Crippen LogP contribution in [0.5, 0.6) is 0 Å². The molecule has 2 aromatic rings. The van der Waals surface area contributed by atoms with Gasteiger partial charge in [0.15, 0.2) is 0 Å². The molecule has 0 unspecified atom stereocenters. The van der Waals surface area contributed by atoms with Crippen LogP contribution in [-0.4, -0.2) is 17.4 Å². The summed E-state index contributed by atoms with van der Waals surface area (Å²) in [6, 6.07) is 11.8. The molecule has 0 aliphatic heterocycles. The van der Waals surface area contributed by atoms with Crippen molar-refractivity contribution >= 4 is 22.9 Å². The number of aromatic nitrogens is 1. The van der Waals surface area contributed by atoms with Gasteiger partial charge in [0, 0.05) is 18.0 Å². The van der Waals surface area contributed by atoms with Crippen LogP contribution >= 0.6 is 0 Å². The summed E-state index contributed by atoms with van der Waals surface area (Å²) in [5.41, 5.74) is 1.72. The van der Waals surface area contributed by atoms with E-state index in [9.17, 15) is 4.79 Å². The maximum atomic E-state index is 11.3. The number of fused-ring (bicyclic) bond motifs is 1. The number of para-hydroxylation sites is 1. The van der Waals surface area contributed by atoms with E-state index in [1.54, 1.807) is 6.08 Å². The molecular weight excluding hydrogens is 212 g/mol. The van der Waals surface area contributed by atoms with Gasteiger partial charge in [-0.2, -0.15) is 0 Å². The molecule has 1 aromatic heterocycles. The Morgan fingerprint density at radius 2 is 2.12 bits per heavy atom. The van der Waals surface area contributed by atoms with Gasteiger partial charge in [-0.3, -0.25) is 4.79 Å². The summed E-state index contributed by atoms with van der Waals surface area (Å²) >= 11 is 0. The standard InChI is InChI=1S/C14H14N2O/c1-2-15-14(17)10-9-12-8-7-11-5-3-4-6-13(11)16-12/h3-10H,2H2,1H3,(H,15,17)/b10-9+. The van der Waals surface area contributed by atoms with Crippen molar-refractivity contribution in [3.63, 3.8) is 0 Å². The first kappa shape index (κ1) is 11.3. The Kier molecular flexibility index (Phi) is 3.50. The fraction of sp³-hybridized carbons (Fsp3) is 0.143. The number of carbonyl (C=O) groups excluding carboxylic acids is 1. The van der Waals surface area contributed by atoms with Crippen molar-refractivity contribution in [2.75, 3.05) is 6.54 Å². The van der Waals surface area contributed by atoms with E-state index >= 15 is 0 Å². The maximum absolute atomic E-state index is 11.3. The van der Waals surface area contributed by atoms with Crippen molar-refractivity contribution in [3.8, 4) is 0 Å². The molecule has 0 fully saturated rings. The van der Waals surface area contributed by atoms with Gasteiger partial charge >= 0.3 is 0 Å². The highest BCUT2D eigenvalue weighted by molar-refractivity contribution is 5.91. The Bertz CT molecular complexity index is 561. The number of nitrogens with one attached hydrogen (secondary N) is 1. The summed E-state index contributed by atoms with van der Waals surface area (Å²) in [4.78, 5) is 15.7. The van der Waals surface area contributed by atoms with E-state index in [4.69, 9.17) is 0 Å². The Balaban J connectivity index is 2.22. The van der Waals surface area contributed by atoms with Crippen molar-refractivity contribution in [2.24, 2.45) is 0 Å². The van der Waals surface area contributed by atoms with Gasteiger partial charge in [-0.25, -0.2) is 4.98 Å². The van der Waals surface area contributed by atoms with Gasteiger partial charge in [-0.05, 0) is 25.1 Å². The number of benzene rings is 1. The third-order valence-corrected chi connectivity index (χ3v) is 2.38. The zero-order chi connectivity index (χ0) is 12.1. The Morgan fingerprint density at radius 3 is 2.94 bits per heavy atom.